The summed E-state index contributed by atoms with van der Waals surface area (Å²) in [4.78, 5) is 16.1. The lowest BCUT2D eigenvalue weighted by atomic mass is 10.2. The fraction of sp³-hybridized carbons (Fsp3) is 0.294. The van der Waals surface area contributed by atoms with Crippen molar-refractivity contribution >= 4 is 11.6 Å². The first kappa shape index (κ1) is 13.1. The zero-order valence-electron chi connectivity index (χ0n) is 12.0. The fourth-order valence-corrected chi connectivity index (χ4v) is 3.00. The van der Waals surface area contributed by atoms with Crippen molar-refractivity contribution in [1.82, 2.24) is 4.98 Å². The maximum Gasteiger partial charge on any atom is 0.255 e. The van der Waals surface area contributed by atoms with Gasteiger partial charge in [0, 0.05) is 42.6 Å². The predicted molar refractivity (Wildman–Crippen MR) is 81.1 cm³/mol. The number of nitrogens with one attached hydrogen (secondary N) is 1. The van der Waals surface area contributed by atoms with E-state index < -0.39 is 5.79 Å². The minimum Gasteiger partial charge on any atom is -0.448 e. The second-order valence-corrected chi connectivity index (χ2v) is 5.67. The first-order valence-electron chi connectivity index (χ1n) is 7.48. The van der Waals surface area contributed by atoms with Crippen LogP contribution in [0.2, 0.25) is 0 Å². The molecule has 0 radical (unpaired) electrons. The molecule has 5 heteroatoms. The van der Waals surface area contributed by atoms with Crippen LogP contribution < -0.4 is 14.8 Å². The van der Waals surface area contributed by atoms with E-state index in [1.165, 1.54) is 0 Å². The zero-order chi connectivity index (χ0) is 15.0. The van der Waals surface area contributed by atoms with Gasteiger partial charge >= 0.3 is 0 Å². The number of fused-ring (bicyclic) bond motifs is 1. The Morgan fingerprint density at radius 1 is 1.05 bits per heavy atom. The third-order valence-corrected chi connectivity index (χ3v) is 4.10. The van der Waals surface area contributed by atoms with Crippen molar-refractivity contribution in [2.45, 2.75) is 31.5 Å². The molecule has 5 nitrogen and oxygen atoms in total. The molecule has 0 bridgehead atoms. The van der Waals surface area contributed by atoms with Crippen LogP contribution in [0.3, 0.4) is 0 Å². The van der Waals surface area contributed by atoms with Crippen LogP contribution in [0.25, 0.3) is 0 Å². The fourth-order valence-electron chi connectivity index (χ4n) is 3.00. The van der Waals surface area contributed by atoms with E-state index in [0.717, 1.165) is 31.4 Å². The molecule has 1 spiro atoms. The van der Waals surface area contributed by atoms with Crippen molar-refractivity contribution in [1.29, 1.82) is 0 Å². The van der Waals surface area contributed by atoms with Gasteiger partial charge in [0.05, 0.1) is 0 Å². The van der Waals surface area contributed by atoms with E-state index in [2.05, 4.69) is 10.3 Å². The van der Waals surface area contributed by atoms with Crippen LogP contribution in [0.15, 0.2) is 42.7 Å². The molecule has 1 aliphatic heterocycles. The van der Waals surface area contributed by atoms with Crippen LogP contribution in [-0.2, 0) is 0 Å². The number of rotatable bonds is 2. The highest BCUT2D eigenvalue weighted by Crippen LogP contribution is 2.47. The molecule has 1 fully saturated rings. The Morgan fingerprint density at radius 2 is 1.77 bits per heavy atom. The van der Waals surface area contributed by atoms with Gasteiger partial charge in [-0.3, -0.25) is 9.78 Å². The smallest absolute Gasteiger partial charge is 0.255 e. The summed E-state index contributed by atoms with van der Waals surface area (Å²) in [6.45, 7) is 0. The lowest BCUT2D eigenvalue weighted by molar-refractivity contribution is -0.0716. The number of hydrogen-bond acceptors (Lipinski definition) is 4. The Labute approximate surface area is 128 Å². The van der Waals surface area contributed by atoms with Crippen LogP contribution in [0.4, 0.5) is 5.69 Å². The number of ether oxygens (including phenoxy) is 2. The lowest BCUT2D eigenvalue weighted by Gasteiger charge is -2.21. The van der Waals surface area contributed by atoms with E-state index >= 15 is 0 Å². The molecule has 1 saturated carbocycles. The molecule has 4 rings (SSSR count). The van der Waals surface area contributed by atoms with Gasteiger partial charge in [0.2, 0.25) is 0 Å². The van der Waals surface area contributed by atoms with E-state index in [9.17, 15) is 4.79 Å². The summed E-state index contributed by atoms with van der Waals surface area (Å²) in [7, 11) is 0. The maximum absolute atomic E-state index is 12.2. The molecule has 0 atom stereocenters. The molecule has 1 aromatic heterocycles. The number of hydrogen-bond donors (Lipinski definition) is 1. The summed E-state index contributed by atoms with van der Waals surface area (Å²) in [5.41, 5.74) is 1.26. The van der Waals surface area contributed by atoms with E-state index in [1.54, 1.807) is 24.5 Å². The number of benzene rings is 1. The van der Waals surface area contributed by atoms with Crippen molar-refractivity contribution < 1.29 is 14.3 Å². The molecule has 1 N–H and O–H groups in total. The standard InChI is InChI=1S/C17H16N2O3/c20-16(12-5-9-18-10-6-12)19-13-3-4-14-15(11-13)22-17(21-14)7-1-2-8-17/h3-6,9-11H,1-2,7-8H2,(H,19,20). The lowest BCUT2D eigenvalue weighted by Crippen LogP contribution is -2.34. The van der Waals surface area contributed by atoms with E-state index in [1.807, 2.05) is 18.2 Å². The number of anilines is 1. The normalized spacial score (nSPS) is 17.6. The molecule has 112 valence electrons. The topological polar surface area (TPSA) is 60.5 Å². The van der Waals surface area contributed by atoms with Crippen molar-refractivity contribution in [2.24, 2.45) is 0 Å². The van der Waals surface area contributed by atoms with Gasteiger partial charge in [-0.1, -0.05) is 0 Å². The van der Waals surface area contributed by atoms with Crippen molar-refractivity contribution in [3.05, 3.63) is 48.3 Å². The Hall–Kier alpha value is -2.56. The van der Waals surface area contributed by atoms with Gasteiger partial charge in [0.15, 0.2) is 11.5 Å². The Morgan fingerprint density at radius 3 is 2.55 bits per heavy atom. The highest BCUT2D eigenvalue weighted by molar-refractivity contribution is 6.04. The molecule has 1 amide bonds. The molecule has 1 aromatic carbocycles. The number of amides is 1. The van der Waals surface area contributed by atoms with Crippen LogP contribution in [0.5, 0.6) is 11.5 Å². The highest BCUT2D eigenvalue weighted by atomic mass is 16.7. The maximum atomic E-state index is 12.2. The van der Waals surface area contributed by atoms with Gasteiger partial charge < -0.3 is 14.8 Å². The summed E-state index contributed by atoms with van der Waals surface area (Å²) in [6, 6.07) is 8.85. The zero-order valence-corrected chi connectivity index (χ0v) is 12.0. The van der Waals surface area contributed by atoms with Crippen LogP contribution in [0, 0.1) is 0 Å². The molecule has 1 aliphatic carbocycles. The van der Waals surface area contributed by atoms with Crippen LogP contribution >= 0.6 is 0 Å². The molecular weight excluding hydrogens is 280 g/mol. The first-order chi connectivity index (χ1) is 10.7. The Bertz CT molecular complexity index is 709. The average Bonchev–Trinajstić information content (AvgIpc) is 3.14. The molecule has 2 aromatic rings. The van der Waals surface area contributed by atoms with Gasteiger partial charge in [-0.05, 0) is 37.1 Å². The molecule has 0 unspecified atom stereocenters. The van der Waals surface area contributed by atoms with Crippen molar-refractivity contribution in [3.8, 4) is 11.5 Å². The largest absolute Gasteiger partial charge is 0.448 e. The summed E-state index contributed by atoms with van der Waals surface area (Å²) in [5, 5.41) is 2.86. The minimum absolute atomic E-state index is 0.170. The number of carbonyl (C=O) groups excluding carboxylic acids is 1. The van der Waals surface area contributed by atoms with Gasteiger partial charge in [-0.2, -0.15) is 0 Å². The predicted octanol–water partition coefficient (Wildman–Crippen LogP) is 3.38. The molecule has 2 aliphatic rings. The van der Waals surface area contributed by atoms with Gasteiger partial charge in [-0.25, -0.2) is 0 Å². The summed E-state index contributed by atoms with van der Waals surface area (Å²) in [6.07, 6.45) is 7.27. The quantitative estimate of drug-likeness (QED) is 0.923. The Balaban J connectivity index is 1.53. The number of carbonyl (C=O) groups is 1. The van der Waals surface area contributed by atoms with Crippen molar-refractivity contribution in [3.63, 3.8) is 0 Å². The SMILES string of the molecule is O=C(Nc1ccc2c(c1)OC1(CCCC1)O2)c1ccncc1. The van der Waals surface area contributed by atoms with Crippen molar-refractivity contribution in [2.75, 3.05) is 5.32 Å². The van der Waals surface area contributed by atoms with E-state index in [0.29, 0.717) is 17.0 Å². The average molecular weight is 296 g/mol. The van der Waals surface area contributed by atoms with Gasteiger partial charge in [0.25, 0.3) is 11.7 Å². The Kier molecular flexibility index (Phi) is 2.99. The van der Waals surface area contributed by atoms with Crippen LogP contribution in [0.1, 0.15) is 36.0 Å². The molecule has 0 saturated heterocycles. The second kappa shape index (κ2) is 5.02. The third-order valence-electron chi connectivity index (χ3n) is 4.10. The molecular formula is C17H16N2O3. The van der Waals surface area contributed by atoms with Crippen LogP contribution in [-0.4, -0.2) is 16.7 Å². The second-order valence-electron chi connectivity index (χ2n) is 5.67. The summed E-state index contributed by atoms with van der Waals surface area (Å²) in [5.74, 6) is 0.811. The summed E-state index contributed by atoms with van der Waals surface area (Å²) >= 11 is 0. The minimum atomic E-state index is -0.476. The molecule has 22 heavy (non-hydrogen) atoms. The number of aromatic nitrogens is 1. The third kappa shape index (κ3) is 2.28. The highest BCUT2D eigenvalue weighted by Gasteiger charge is 2.44. The summed E-state index contributed by atoms with van der Waals surface area (Å²) < 4.78 is 12.0. The van der Waals surface area contributed by atoms with Gasteiger partial charge in [-0.15, -0.1) is 0 Å². The monoisotopic (exact) mass is 296 g/mol. The van der Waals surface area contributed by atoms with Gasteiger partial charge in [0.1, 0.15) is 0 Å². The number of nitrogens with zero attached hydrogens (tertiary/aromatic N) is 1. The number of pyridine rings is 1. The van der Waals surface area contributed by atoms with E-state index in [-0.39, 0.29) is 5.91 Å². The first-order valence-corrected chi connectivity index (χ1v) is 7.48. The molecule has 2 heterocycles. The van der Waals surface area contributed by atoms with E-state index in [4.69, 9.17) is 9.47 Å².